The van der Waals surface area contributed by atoms with Crippen molar-refractivity contribution in [1.82, 2.24) is 0 Å². The van der Waals surface area contributed by atoms with Gasteiger partial charge in [-0.1, -0.05) is 23.2 Å². The lowest BCUT2D eigenvalue weighted by molar-refractivity contribution is 0.625. The highest BCUT2D eigenvalue weighted by Gasteiger charge is 2.21. The molecule has 1 saturated heterocycles. The van der Waals surface area contributed by atoms with Crippen molar-refractivity contribution in [2.75, 3.05) is 41.7 Å². The van der Waals surface area contributed by atoms with Gasteiger partial charge in [-0.15, -0.1) is 0 Å². The van der Waals surface area contributed by atoms with Crippen LogP contribution in [-0.2, 0) is 0 Å². The molecule has 2 aromatic carbocycles. The fourth-order valence-electron chi connectivity index (χ4n) is 2.76. The van der Waals surface area contributed by atoms with Gasteiger partial charge >= 0.3 is 0 Å². The molecule has 0 aromatic heterocycles. The minimum atomic E-state index is -0.219. The maximum absolute atomic E-state index is 13.0. The van der Waals surface area contributed by atoms with Gasteiger partial charge < -0.3 is 15.5 Å². The average molecular weight is 340 g/mol. The number of hydrogen-bond acceptors (Lipinski definition) is 3. The van der Waals surface area contributed by atoms with Crippen LogP contribution in [-0.4, -0.2) is 26.2 Å². The summed E-state index contributed by atoms with van der Waals surface area (Å²) in [6, 6.07) is 9.99. The summed E-state index contributed by atoms with van der Waals surface area (Å²) in [6.07, 6.45) is 0. The molecule has 116 valence electrons. The Balaban J connectivity index is 1.73. The van der Waals surface area contributed by atoms with E-state index in [0.717, 1.165) is 37.6 Å². The van der Waals surface area contributed by atoms with Gasteiger partial charge in [-0.25, -0.2) is 4.39 Å². The molecule has 0 unspecified atom stereocenters. The summed E-state index contributed by atoms with van der Waals surface area (Å²) in [7, 11) is 0. The van der Waals surface area contributed by atoms with E-state index in [1.165, 1.54) is 12.1 Å². The minimum absolute atomic E-state index is 0.219. The van der Waals surface area contributed by atoms with Crippen molar-refractivity contribution >= 4 is 40.3 Å². The predicted octanol–water partition coefficient (Wildman–Crippen LogP) is 4.04. The van der Waals surface area contributed by atoms with Crippen LogP contribution in [0.5, 0.6) is 0 Å². The number of nitrogens with two attached hydrogens (primary N) is 1. The van der Waals surface area contributed by atoms with Crippen LogP contribution in [0.15, 0.2) is 36.4 Å². The van der Waals surface area contributed by atoms with Crippen LogP contribution in [0, 0.1) is 5.82 Å². The molecule has 1 fully saturated rings. The molecule has 0 bridgehead atoms. The molecule has 1 heterocycles. The van der Waals surface area contributed by atoms with Gasteiger partial charge in [-0.2, -0.15) is 0 Å². The molecule has 0 radical (unpaired) electrons. The van der Waals surface area contributed by atoms with Gasteiger partial charge in [0, 0.05) is 36.9 Å². The number of benzene rings is 2. The van der Waals surface area contributed by atoms with Gasteiger partial charge in [0.05, 0.1) is 16.4 Å². The van der Waals surface area contributed by atoms with Crippen molar-refractivity contribution in [3.05, 3.63) is 52.3 Å². The van der Waals surface area contributed by atoms with Crippen molar-refractivity contribution in [2.24, 2.45) is 0 Å². The van der Waals surface area contributed by atoms with Crippen molar-refractivity contribution in [3.8, 4) is 0 Å². The van der Waals surface area contributed by atoms with E-state index in [9.17, 15) is 4.39 Å². The molecule has 0 atom stereocenters. The molecule has 0 spiro atoms. The quantitative estimate of drug-likeness (QED) is 0.838. The van der Waals surface area contributed by atoms with Crippen LogP contribution in [0.2, 0.25) is 10.0 Å². The summed E-state index contributed by atoms with van der Waals surface area (Å²) in [6.45, 7) is 3.24. The third-order valence-electron chi connectivity index (χ3n) is 3.85. The maximum Gasteiger partial charge on any atom is 0.123 e. The van der Waals surface area contributed by atoms with Crippen molar-refractivity contribution in [3.63, 3.8) is 0 Å². The van der Waals surface area contributed by atoms with E-state index >= 15 is 0 Å². The number of rotatable bonds is 2. The normalized spacial score (nSPS) is 15.2. The maximum atomic E-state index is 13.0. The smallest absolute Gasteiger partial charge is 0.123 e. The number of piperazine rings is 1. The molecule has 3 nitrogen and oxygen atoms in total. The molecule has 2 N–H and O–H groups in total. The molecule has 0 aliphatic carbocycles. The van der Waals surface area contributed by atoms with Crippen LogP contribution in [0.1, 0.15) is 0 Å². The summed E-state index contributed by atoms with van der Waals surface area (Å²) in [5.41, 5.74) is 8.50. The molecule has 22 heavy (non-hydrogen) atoms. The third-order valence-corrected chi connectivity index (χ3v) is 4.35. The molecule has 1 aliphatic heterocycles. The highest BCUT2D eigenvalue weighted by atomic mass is 35.5. The van der Waals surface area contributed by atoms with E-state index in [2.05, 4.69) is 9.80 Å². The molecular weight excluding hydrogens is 324 g/mol. The molecular formula is C16H16Cl2FN3. The zero-order chi connectivity index (χ0) is 15.7. The molecule has 1 aliphatic rings. The summed E-state index contributed by atoms with van der Waals surface area (Å²) in [4.78, 5) is 4.38. The van der Waals surface area contributed by atoms with Crippen LogP contribution in [0.25, 0.3) is 0 Å². The van der Waals surface area contributed by atoms with Crippen LogP contribution in [0.3, 0.4) is 0 Å². The van der Waals surface area contributed by atoms with E-state index in [0.29, 0.717) is 15.7 Å². The number of anilines is 3. The fraction of sp³-hybridized carbons (Fsp3) is 0.250. The van der Waals surface area contributed by atoms with Gasteiger partial charge in [0.25, 0.3) is 0 Å². The number of halogens is 3. The first-order chi connectivity index (χ1) is 10.5. The van der Waals surface area contributed by atoms with Crippen LogP contribution in [0.4, 0.5) is 21.5 Å². The summed E-state index contributed by atoms with van der Waals surface area (Å²) in [5.74, 6) is -0.219. The van der Waals surface area contributed by atoms with E-state index in [1.54, 1.807) is 24.3 Å². The van der Waals surface area contributed by atoms with Crippen molar-refractivity contribution in [2.45, 2.75) is 0 Å². The summed E-state index contributed by atoms with van der Waals surface area (Å²) < 4.78 is 13.0. The summed E-state index contributed by atoms with van der Waals surface area (Å²) in [5, 5.41) is 1.11. The van der Waals surface area contributed by atoms with Gasteiger partial charge in [0.15, 0.2) is 0 Å². The molecule has 0 amide bonds. The van der Waals surface area contributed by atoms with E-state index in [1.807, 2.05) is 0 Å². The molecule has 6 heteroatoms. The Hall–Kier alpha value is -1.65. The third kappa shape index (κ3) is 3.08. The lowest BCUT2D eigenvalue weighted by atomic mass is 10.2. The second kappa shape index (κ2) is 6.23. The van der Waals surface area contributed by atoms with Crippen LogP contribution < -0.4 is 15.5 Å². The van der Waals surface area contributed by atoms with E-state index in [4.69, 9.17) is 28.9 Å². The summed E-state index contributed by atoms with van der Waals surface area (Å²) >= 11 is 12.2. The van der Waals surface area contributed by atoms with Crippen molar-refractivity contribution in [1.29, 1.82) is 0 Å². The molecule has 3 rings (SSSR count). The Labute approximate surface area is 139 Å². The SMILES string of the molecule is Nc1cc(Cl)cc(Cl)c1N1CCN(c2ccc(F)cc2)CC1. The Morgan fingerprint density at radius 1 is 0.909 bits per heavy atom. The van der Waals surface area contributed by atoms with Crippen LogP contribution >= 0.6 is 23.2 Å². The monoisotopic (exact) mass is 339 g/mol. The first-order valence-electron chi connectivity index (χ1n) is 7.04. The number of nitrogen functional groups attached to an aromatic ring is 1. The van der Waals surface area contributed by atoms with Crippen molar-refractivity contribution < 1.29 is 4.39 Å². The lowest BCUT2D eigenvalue weighted by Crippen LogP contribution is -2.46. The number of nitrogens with zero attached hydrogens (tertiary/aromatic N) is 2. The largest absolute Gasteiger partial charge is 0.397 e. The zero-order valence-electron chi connectivity index (χ0n) is 11.9. The minimum Gasteiger partial charge on any atom is -0.397 e. The van der Waals surface area contributed by atoms with E-state index < -0.39 is 0 Å². The standard InChI is InChI=1S/C16H16Cl2FN3/c17-11-9-14(18)16(15(20)10-11)22-7-5-21(6-8-22)13-3-1-12(19)2-4-13/h1-4,9-10H,5-8,20H2. The Morgan fingerprint density at radius 2 is 1.50 bits per heavy atom. The first-order valence-corrected chi connectivity index (χ1v) is 7.80. The molecule has 0 saturated carbocycles. The average Bonchev–Trinajstić information content (AvgIpc) is 2.48. The van der Waals surface area contributed by atoms with Gasteiger partial charge in [-0.05, 0) is 36.4 Å². The van der Waals surface area contributed by atoms with Gasteiger partial charge in [0.2, 0.25) is 0 Å². The highest BCUT2D eigenvalue weighted by molar-refractivity contribution is 6.37. The Kier molecular flexibility index (Phi) is 4.32. The zero-order valence-corrected chi connectivity index (χ0v) is 13.4. The fourth-order valence-corrected chi connectivity index (χ4v) is 3.39. The highest BCUT2D eigenvalue weighted by Crippen LogP contribution is 2.36. The lowest BCUT2D eigenvalue weighted by Gasteiger charge is -2.38. The second-order valence-corrected chi connectivity index (χ2v) is 6.12. The Bertz CT molecular complexity index is 645. The van der Waals surface area contributed by atoms with E-state index in [-0.39, 0.29) is 5.82 Å². The number of hydrogen-bond donors (Lipinski definition) is 1. The Morgan fingerprint density at radius 3 is 2.09 bits per heavy atom. The second-order valence-electron chi connectivity index (χ2n) is 5.28. The topological polar surface area (TPSA) is 32.5 Å². The molecule has 2 aromatic rings. The predicted molar refractivity (Wildman–Crippen MR) is 91.7 cm³/mol. The van der Waals surface area contributed by atoms with Gasteiger partial charge in [-0.3, -0.25) is 0 Å². The first kappa shape index (κ1) is 15.3. The van der Waals surface area contributed by atoms with Gasteiger partial charge in [0.1, 0.15) is 5.82 Å².